The molecule has 1 atom stereocenters. The Kier molecular flexibility index (Phi) is 6.90. The van der Waals surface area contributed by atoms with Gasteiger partial charge in [-0.1, -0.05) is 0 Å². The molecule has 0 saturated carbocycles. The maximum absolute atomic E-state index is 13.0. The molecule has 26 heavy (non-hydrogen) atoms. The van der Waals surface area contributed by atoms with Gasteiger partial charge in [-0.3, -0.25) is 4.79 Å². The predicted octanol–water partition coefficient (Wildman–Crippen LogP) is 2.87. The molecule has 0 spiro atoms. The highest BCUT2D eigenvalue weighted by atomic mass is 19.1. The number of ether oxygens (including phenoxy) is 2. The van der Waals surface area contributed by atoms with Crippen molar-refractivity contribution in [1.82, 2.24) is 10.3 Å². The molecule has 2 heterocycles. The van der Waals surface area contributed by atoms with Gasteiger partial charge >= 0.3 is 6.09 Å². The van der Waals surface area contributed by atoms with E-state index in [4.69, 9.17) is 9.47 Å². The summed E-state index contributed by atoms with van der Waals surface area (Å²) in [5.41, 5.74) is -0.664. The number of anilines is 1. The van der Waals surface area contributed by atoms with Crippen molar-refractivity contribution in [2.75, 3.05) is 18.5 Å². The first-order chi connectivity index (χ1) is 12.2. The van der Waals surface area contributed by atoms with Crippen LogP contribution in [0.4, 0.5) is 15.0 Å². The minimum Gasteiger partial charge on any atom is -0.444 e. The number of rotatable bonds is 5. The molecule has 1 aliphatic rings. The molecule has 1 fully saturated rings. The zero-order valence-electron chi connectivity index (χ0n) is 15.4. The van der Waals surface area contributed by atoms with E-state index in [2.05, 4.69) is 15.6 Å². The Morgan fingerprint density at radius 1 is 1.35 bits per heavy atom. The lowest BCUT2D eigenvalue weighted by Crippen LogP contribution is -2.47. The van der Waals surface area contributed by atoms with Gasteiger partial charge in [-0.05, 0) is 58.1 Å². The summed E-state index contributed by atoms with van der Waals surface area (Å²) in [7, 11) is 0. The second-order valence-corrected chi connectivity index (χ2v) is 7.34. The number of hydrogen-bond donors (Lipinski definition) is 2. The van der Waals surface area contributed by atoms with Crippen LogP contribution in [-0.4, -0.2) is 41.8 Å². The van der Waals surface area contributed by atoms with Crippen molar-refractivity contribution >= 4 is 17.8 Å². The van der Waals surface area contributed by atoms with Gasteiger partial charge in [0.15, 0.2) is 0 Å². The molecule has 0 bridgehead atoms. The summed E-state index contributed by atoms with van der Waals surface area (Å²) < 4.78 is 23.6. The van der Waals surface area contributed by atoms with Crippen LogP contribution in [-0.2, 0) is 14.3 Å². The molecule has 8 heteroatoms. The summed E-state index contributed by atoms with van der Waals surface area (Å²) in [5, 5.41) is 5.25. The van der Waals surface area contributed by atoms with Crippen LogP contribution in [0.2, 0.25) is 0 Å². The van der Waals surface area contributed by atoms with Crippen molar-refractivity contribution in [3.8, 4) is 0 Å². The summed E-state index contributed by atoms with van der Waals surface area (Å²) in [6, 6.07) is 1.80. The maximum Gasteiger partial charge on any atom is 0.408 e. The summed E-state index contributed by atoms with van der Waals surface area (Å²) >= 11 is 0. The summed E-state index contributed by atoms with van der Waals surface area (Å²) in [4.78, 5) is 28.6. The summed E-state index contributed by atoms with van der Waals surface area (Å²) in [5.74, 6) is -0.426. The van der Waals surface area contributed by atoms with Gasteiger partial charge in [0.05, 0.1) is 6.20 Å². The number of aromatic nitrogens is 1. The van der Waals surface area contributed by atoms with Gasteiger partial charge in [-0.15, -0.1) is 0 Å². The Morgan fingerprint density at radius 3 is 2.62 bits per heavy atom. The molecule has 2 amide bonds. The van der Waals surface area contributed by atoms with E-state index < -0.39 is 29.5 Å². The average Bonchev–Trinajstić information content (AvgIpc) is 2.55. The Morgan fingerprint density at radius 2 is 2.04 bits per heavy atom. The van der Waals surface area contributed by atoms with Gasteiger partial charge in [0.1, 0.15) is 23.3 Å². The Bertz CT molecular complexity index is 610. The minimum atomic E-state index is -0.778. The van der Waals surface area contributed by atoms with Crippen molar-refractivity contribution in [1.29, 1.82) is 0 Å². The van der Waals surface area contributed by atoms with Crippen LogP contribution >= 0.6 is 0 Å². The SMILES string of the molecule is CC(C)(C)OC(=O)NC(CC1CCOCC1)C(=O)Nc1ccc(F)cn1. The fraction of sp³-hybridized carbons (Fsp3) is 0.611. The quantitative estimate of drug-likeness (QED) is 0.835. The molecule has 1 unspecified atom stereocenters. The van der Waals surface area contributed by atoms with Crippen molar-refractivity contribution in [2.24, 2.45) is 5.92 Å². The zero-order chi connectivity index (χ0) is 19.2. The Balaban J connectivity index is 2.03. The Hall–Kier alpha value is -2.22. The number of amides is 2. The van der Waals surface area contributed by atoms with Crippen LogP contribution in [0.5, 0.6) is 0 Å². The van der Waals surface area contributed by atoms with E-state index in [1.165, 1.54) is 12.1 Å². The molecule has 7 nitrogen and oxygen atoms in total. The first-order valence-corrected chi connectivity index (χ1v) is 8.72. The molecule has 1 aromatic rings. The fourth-order valence-electron chi connectivity index (χ4n) is 2.66. The highest BCUT2D eigenvalue weighted by Gasteiger charge is 2.28. The second-order valence-electron chi connectivity index (χ2n) is 7.34. The van der Waals surface area contributed by atoms with E-state index >= 15 is 0 Å². The summed E-state index contributed by atoms with van der Waals surface area (Å²) in [6.07, 6.45) is 2.49. The molecule has 1 saturated heterocycles. The van der Waals surface area contributed by atoms with Crippen LogP contribution in [0.25, 0.3) is 0 Å². The molecule has 1 aromatic heterocycles. The van der Waals surface area contributed by atoms with Gasteiger partial charge in [-0.2, -0.15) is 0 Å². The first-order valence-electron chi connectivity index (χ1n) is 8.72. The largest absolute Gasteiger partial charge is 0.444 e. The summed E-state index contributed by atoms with van der Waals surface area (Å²) in [6.45, 7) is 6.55. The monoisotopic (exact) mass is 367 g/mol. The van der Waals surface area contributed by atoms with Crippen LogP contribution in [0.1, 0.15) is 40.0 Å². The molecular formula is C18H26FN3O4. The molecule has 2 N–H and O–H groups in total. The third-order valence-corrected chi connectivity index (χ3v) is 3.90. The lowest BCUT2D eigenvalue weighted by atomic mass is 9.92. The van der Waals surface area contributed by atoms with Crippen LogP contribution in [0, 0.1) is 11.7 Å². The number of alkyl carbamates (subject to hydrolysis) is 1. The van der Waals surface area contributed by atoms with E-state index in [1.807, 2.05) is 0 Å². The van der Waals surface area contributed by atoms with Gasteiger partial charge in [0, 0.05) is 13.2 Å². The smallest absolute Gasteiger partial charge is 0.408 e. The van der Waals surface area contributed by atoms with Gasteiger partial charge in [0.2, 0.25) is 5.91 Å². The van der Waals surface area contributed by atoms with Crippen molar-refractivity contribution in [3.05, 3.63) is 24.1 Å². The second kappa shape index (κ2) is 8.93. The lowest BCUT2D eigenvalue weighted by Gasteiger charge is -2.27. The molecular weight excluding hydrogens is 341 g/mol. The lowest BCUT2D eigenvalue weighted by molar-refractivity contribution is -0.118. The topological polar surface area (TPSA) is 89.5 Å². The van der Waals surface area contributed by atoms with E-state index in [1.54, 1.807) is 20.8 Å². The van der Waals surface area contributed by atoms with Crippen LogP contribution < -0.4 is 10.6 Å². The number of pyridine rings is 1. The van der Waals surface area contributed by atoms with Crippen molar-refractivity contribution < 1.29 is 23.5 Å². The molecule has 0 aliphatic carbocycles. The zero-order valence-corrected chi connectivity index (χ0v) is 15.4. The molecule has 0 aromatic carbocycles. The van der Waals surface area contributed by atoms with Crippen LogP contribution in [0.3, 0.4) is 0 Å². The fourth-order valence-corrected chi connectivity index (χ4v) is 2.66. The van der Waals surface area contributed by atoms with E-state index in [0.29, 0.717) is 19.6 Å². The van der Waals surface area contributed by atoms with Gasteiger partial charge in [-0.25, -0.2) is 14.2 Å². The number of carbonyl (C=O) groups excluding carboxylic acids is 2. The predicted molar refractivity (Wildman–Crippen MR) is 94.1 cm³/mol. The third-order valence-electron chi connectivity index (χ3n) is 3.90. The number of halogens is 1. The molecule has 2 rings (SSSR count). The molecule has 1 aliphatic heterocycles. The van der Waals surface area contributed by atoms with Crippen molar-refractivity contribution in [2.45, 2.75) is 51.7 Å². The normalized spacial score (nSPS) is 16.6. The van der Waals surface area contributed by atoms with E-state index in [-0.39, 0.29) is 11.7 Å². The highest BCUT2D eigenvalue weighted by molar-refractivity contribution is 5.95. The average molecular weight is 367 g/mol. The van der Waals surface area contributed by atoms with Gasteiger partial charge in [0.25, 0.3) is 0 Å². The molecule has 0 radical (unpaired) electrons. The minimum absolute atomic E-state index is 0.222. The third kappa shape index (κ3) is 6.95. The highest BCUT2D eigenvalue weighted by Crippen LogP contribution is 2.21. The molecule has 144 valence electrons. The number of nitrogens with one attached hydrogen (secondary N) is 2. The number of nitrogens with zero attached hydrogens (tertiary/aromatic N) is 1. The number of carbonyl (C=O) groups is 2. The van der Waals surface area contributed by atoms with Crippen LogP contribution in [0.15, 0.2) is 18.3 Å². The maximum atomic E-state index is 13.0. The standard InChI is InChI=1S/C18H26FN3O4/c1-18(2,3)26-17(24)21-14(10-12-6-8-25-9-7-12)16(23)22-15-5-4-13(19)11-20-15/h4-5,11-12,14H,6-10H2,1-3H3,(H,21,24)(H,20,22,23). The van der Waals surface area contributed by atoms with E-state index in [0.717, 1.165) is 19.0 Å². The van der Waals surface area contributed by atoms with Gasteiger partial charge < -0.3 is 20.1 Å². The Labute approximate surface area is 152 Å². The van der Waals surface area contributed by atoms with E-state index in [9.17, 15) is 14.0 Å². The number of hydrogen-bond acceptors (Lipinski definition) is 5. The van der Waals surface area contributed by atoms with Crippen molar-refractivity contribution in [3.63, 3.8) is 0 Å². The first kappa shape index (κ1) is 20.1.